The molecule has 3 rings (SSSR count). The lowest BCUT2D eigenvalue weighted by Gasteiger charge is -2.10. The van der Waals surface area contributed by atoms with Gasteiger partial charge in [-0.3, -0.25) is 25.0 Å². The smallest absolute Gasteiger partial charge is 0.290 e. The summed E-state index contributed by atoms with van der Waals surface area (Å²) in [6.07, 6.45) is 1.58. The van der Waals surface area contributed by atoms with Crippen molar-refractivity contribution in [2.45, 2.75) is 6.61 Å². The summed E-state index contributed by atoms with van der Waals surface area (Å²) in [5.41, 5.74) is 1.41. The molecule has 1 heterocycles. The van der Waals surface area contributed by atoms with Crippen LogP contribution in [-0.2, 0) is 11.4 Å². The zero-order valence-corrected chi connectivity index (χ0v) is 15.5. The monoisotopic (exact) mass is 434 g/mol. The maximum Gasteiger partial charge on any atom is 0.290 e. The lowest BCUT2D eigenvalue weighted by atomic mass is 10.1. The van der Waals surface area contributed by atoms with Gasteiger partial charge in [0.15, 0.2) is 0 Å². The van der Waals surface area contributed by atoms with Crippen LogP contribution in [-0.4, -0.2) is 16.1 Å². The summed E-state index contributed by atoms with van der Waals surface area (Å²) in [6.45, 7) is 0.202. The number of amides is 2. The van der Waals surface area contributed by atoms with Crippen molar-refractivity contribution in [3.05, 3.63) is 73.1 Å². The Hall–Kier alpha value is -2.65. The number of rotatable bonds is 5. The summed E-state index contributed by atoms with van der Waals surface area (Å²) >= 11 is 4.20. The van der Waals surface area contributed by atoms with E-state index in [0.717, 1.165) is 21.8 Å². The number of non-ortho nitro benzene ring substituents is 1. The third kappa shape index (κ3) is 4.30. The van der Waals surface area contributed by atoms with Gasteiger partial charge in [0.05, 0.1) is 9.83 Å². The summed E-state index contributed by atoms with van der Waals surface area (Å²) in [4.78, 5) is 33.5. The van der Waals surface area contributed by atoms with E-state index in [9.17, 15) is 19.7 Å². The predicted molar refractivity (Wildman–Crippen MR) is 101 cm³/mol. The number of benzene rings is 2. The first kappa shape index (κ1) is 18.2. The Morgan fingerprint density at radius 2 is 1.92 bits per heavy atom. The highest BCUT2D eigenvalue weighted by Gasteiger charge is 2.25. The van der Waals surface area contributed by atoms with E-state index in [1.807, 2.05) is 0 Å². The second kappa shape index (κ2) is 7.71. The molecule has 9 heteroatoms. The highest BCUT2D eigenvalue weighted by molar-refractivity contribution is 9.10. The maximum atomic E-state index is 11.7. The fourth-order valence-electron chi connectivity index (χ4n) is 2.20. The molecule has 0 atom stereocenters. The number of nitrogens with zero attached hydrogens (tertiary/aromatic N) is 1. The standard InChI is InChI=1S/C17H11BrN2O5S/c18-12-3-6-14(11(7-12)8-15-16(21)19-17(22)26-15)25-9-10-1-4-13(5-2-10)20(23)24/h1-8H,9H2,(H,19,21,22)/b15-8-. The van der Waals surface area contributed by atoms with Crippen molar-refractivity contribution < 1.29 is 19.2 Å². The van der Waals surface area contributed by atoms with Crippen LogP contribution in [0.1, 0.15) is 11.1 Å². The van der Waals surface area contributed by atoms with Gasteiger partial charge >= 0.3 is 0 Å². The Morgan fingerprint density at radius 3 is 2.54 bits per heavy atom. The first-order valence-electron chi connectivity index (χ1n) is 7.33. The Bertz CT molecular complexity index is 927. The highest BCUT2D eigenvalue weighted by Crippen LogP contribution is 2.31. The van der Waals surface area contributed by atoms with Gasteiger partial charge in [-0.1, -0.05) is 15.9 Å². The summed E-state index contributed by atoms with van der Waals surface area (Å²) in [5.74, 6) is 0.0769. The number of hydrogen-bond donors (Lipinski definition) is 1. The minimum Gasteiger partial charge on any atom is -0.488 e. The molecular weight excluding hydrogens is 424 g/mol. The van der Waals surface area contributed by atoms with Gasteiger partial charge in [-0.25, -0.2) is 0 Å². The second-order valence-corrected chi connectivity index (χ2v) is 7.18. The van der Waals surface area contributed by atoms with Crippen LogP contribution in [0.2, 0.25) is 0 Å². The first-order chi connectivity index (χ1) is 12.4. The summed E-state index contributed by atoms with van der Waals surface area (Å²) in [5, 5.41) is 12.5. The van der Waals surface area contributed by atoms with E-state index in [-0.39, 0.29) is 17.2 Å². The molecule has 0 aromatic heterocycles. The number of hydrogen-bond acceptors (Lipinski definition) is 6. The topological polar surface area (TPSA) is 98.5 Å². The molecule has 0 saturated carbocycles. The maximum absolute atomic E-state index is 11.7. The average molecular weight is 435 g/mol. The number of nitro groups is 1. The van der Waals surface area contributed by atoms with Crippen molar-refractivity contribution in [2.24, 2.45) is 0 Å². The summed E-state index contributed by atoms with van der Waals surface area (Å²) < 4.78 is 6.58. The number of nitro benzene ring substituents is 1. The molecule has 0 unspecified atom stereocenters. The van der Waals surface area contributed by atoms with Crippen LogP contribution in [0.3, 0.4) is 0 Å². The zero-order valence-electron chi connectivity index (χ0n) is 13.1. The Morgan fingerprint density at radius 1 is 1.19 bits per heavy atom. The third-order valence-corrected chi connectivity index (χ3v) is 4.75. The molecule has 0 aliphatic carbocycles. The molecule has 0 bridgehead atoms. The largest absolute Gasteiger partial charge is 0.488 e. The second-order valence-electron chi connectivity index (χ2n) is 5.25. The Labute approximate surface area is 160 Å². The quantitative estimate of drug-likeness (QED) is 0.428. The predicted octanol–water partition coefficient (Wildman–Crippen LogP) is 4.26. The number of halogens is 1. The van der Waals surface area contributed by atoms with Crippen molar-refractivity contribution in [3.63, 3.8) is 0 Å². The minimum absolute atomic E-state index is 0.0109. The van der Waals surface area contributed by atoms with Crippen LogP contribution in [0.15, 0.2) is 51.8 Å². The van der Waals surface area contributed by atoms with Crippen LogP contribution < -0.4 is 10.1 Å². The third-order valence-electron chi connectivity index (χ3n) is 3.44. The molecule has 1 aliphatic rings. The van der Waals surface area contributed by atoms with Crippen LogP contribution in [0.5, 0.6) is 5.75 Å². The number of ether oxygens (including phenoxy) is 1. The van der Waals surface area contributed by atoms with Crippen LogP contribution in [0.25, 0.3) is 6.08 Å². The molecule has 2 aromatic rings. The van der Waals surface area contributed by atoms with Crippen LogP contribution >= 0.6 is 27.7 Å². The van der Waals surface area contributed by atoms with Crippen molar-refractivity contribution in [1.29, 1.82) is 0 Å². The van der Waals surface area contributed by atoms with E-state index in [4.69, 9.17) is 4.74 Å². The van der Waals surface area contributed by atoms with Gasteiger partial charge in [-0.2, -0.15) is 0 Å². The van der Waals surface area contributed by atoms with E-state index >= 15 is 0 Å². The van der Waals surface area contributed by atoms with E-state index in [0.29, 0.717) is 11.3 Å². The highest BCUT2D eigenvalue weighted by atomic mass is 79.9. The molecule has 1 aliphatic heterocycles. The molecule has 1 saturated heterocycles. The summed E-state index contributed by atoms with van der Waals surface area (Å²) in [7, 11) is 0. The molecule has 1 N–H and O–H groups in total. The lowest BCUT2D eigenvalue weighted by Crippen LogP contribution is -2.17. The molecule has 26 heavy (non-hydrogen) atoms. The Balaban J connectivity index is 1.80. The van der Waals surface area contributed by atoms with Crippen molar-refractivity contribution >= 4 is 50.6 Å². The lowest BCUT2D eigenvalue weighted by molar-refractivity contribution is -0.384. The van der Waals surface area contributed by atoms with E-state index in [1.54, 1.807) is 36.4 Å². The number of imide groups is 1. The average Bonchev–Trinajstić information content (AvgIpc) is 2.92. The number of nitrogens with one attached hydrogen (secondary N) is 1. The van der Waals surface area contributed by atoms with Gasteiger partial charge in [0.25, 0.3) is 16.8 Å². The van der Waals surface area contributed by atoms with E-state index < -0.39 is 16.1 Å². The normalized spacial score (nSPS) is 15.2. The molecule has 7 nitrogen and oxygen atoms in total. The fraction of sp³-hybridized carbons (Fsp3) is 0.0588. The van der Waals surface area contributed by atoms with Crippen molar-refractivity contribution in [3.8, 4) is 5.75 Å². The molecule has 132 valence electrons. The van der Waals surface area contributed by atoms with Gasteiger partial charge in [-0.05, 0) is 53.7 Å². The van der Waals surface area contributed by atoms with E-state index in [1.165, 1.54) is 12.1 Å². The van der Waals surface area contributed by atoms with Crippen molar-refractivity contribution in [1.82, 2.24) is 5.32 Å². The molecule has 2 aromatic carbocycles. The van der Waals surface area contributed by atoms with Gasteiger partial charge in [0, 0.05) is 22.2 Å². The number of carbonyl (C=O) groups excluding carboxylic acids is 2. The van der Waals surface area contributed by atoms with Crippen LogP contribution in [0, 0.1) is 10.1 Å². The summed E-state index contributed by atoms with van der Waals surface area (Å²) in [6, 6.07) is 11.4. The van der Waals surface area contributed by atoms with Gasteiger partial charge in [0.1, 0.15) is 12.4 Å². The molecule has 0 radical (unpaired) electrons. The molecular formula is C17H11BrN2O5S. The number of thioether (sulfide) groups is 1. The van der Waals surface area contributed by atoms with Gasteiger partial charge in [-0.15, -0.1) is 0 Å². The SMILES string of the molecule is O=C1NC(=O)/C(=C/c2cc(Br)ccc2OCc2ccc([N+](=O)[O-])cc2)S1. The fourth-order valence-corrected chi connectivity index (χ4v) is 3.25. The van der Waals surface area contributed by atoms with Gasteiger partial charge < -0.3 is 4.74 Å². The molecule has 0 spiro atoms. The Kier molecular flexibility index (Phi) is 5.38. The number of carbonyl (C=O) groups is 2. The van der Waals surface area contributed by atoms with Crippen LogP contribution in [0.4, 0.5) is 10.5 Å². The minimum atomic E-state index is -0.463. The molecule has 1 fully saturated rings. The molecule has 2 amide bonds. The van der Waals surface area contributed by atoms with Gasteiger partial charge in [0.2, 0.25) is 0 Å². The first-order valence-corrected chi connectivity index (χ1v) is 8.94. The van der Waals surface area contributed by atoms with E-state index in [2.05, 4.69) is 21.2 Å². The zero-order chi connectivity index (χ0) is 18.7. The van der Waals surface area contributed by atoms with Crippen molar-refractivity contribution in [2.75, 3.05) is 0 Å².